The van der Waals surface area contributed by atoms with Crippen molar-refractivity contribution in [3.05, 3.63) is 82.8 Å². The zero-order valence-corrected chi connectivity index (χ0v) is 25.3. The van der Waals surface area contributed by atoms with Crippen LogP contribution in [0.1, 0.15) is 74.2 Å². The number of aliphatic hydroxyl groups is 1. The zero-order chi connectivity index (χ0) is 31.6. The van der Waals surface area contributed by atoms with Gasteiger partial charge >= 0.3 is 0 Å². The van der Waals surface area contributed by atoms with Gasteiger partial charge in [-0.2, -0.15) is 10.2 Å². The lowest BCUT2D eigenvalue weighted by Crippen LogP contribution is -2.41. The van der Waals surface area contributed by atoms with Crippen LogP contribution in [0, 0.1) is 29.1 Å². The molecular weight excluding hydrogens is 574 g/mol. The minimum Gasteiger partial charge on any atom is -0.469 e. The number of fused-ring (bicyclic) bond motifs is 4. The maximum atomic E-state index is 14.0. The normalized spacial score (nSPS) is 23.6. The van der Waals surface area contributed by atoms with Crippen LogP contribution < -0.4 is 15.4 Å². The number of oxazole rings is 2. The number of aliphatic hydroxyl groups excluding tert-OH is 1. The van der Waals surface area contributed by atoms with E-state index in [1.807, 2.05) is 62.4 Å². The average molecular weight is 608 g/mol. The summed E-state index contributed by atoms with van der Waals surface area (Å²) in [5.74, 6) is -0.552. The van der Waals surface area contributed by atoms with E-state index in [1.54, 1.807) is 13.8 Å². The fraction of sp³-hybridized carbons (Fsp3) is 0.382. The number of nitrogens with one attached hydrogen (secondary N) is 2. The molecule has 3 N–H and O–H groups in total. The summed E-state index contributed by atoms with van der Waals surface area (Å²) >= 11 is 0. The number of amides is 1. The Morgan fingerprint density at radius 3 is 2.67 bits per heavy atom. The number of rotatable bonds is 6. The molecule has 230 valence electrons. The van der Waals surface area contributed by atoms with Gasteiger partial charge in [0.2, 0.25) is 17.7 Å². The number of aromatic nitrogens is 2. The van der Waals surface area contributed by atoms with Crippen LogP contribution >= 0.6 is 0 Å². The Morgan fingerprint density at radius 1 is 1.13 bits per heavy atom. The summed E-state index contributed by atoms with van der Waals surface area (Å²) in [5.41, 5.74) is 2.73. The Morgan fingerprint density at radius 2 is 1.93 bits per heavy atom. The standard InChI is InChI=1S/C34H33N5O6/c1-16(2)26-32-39-27(31-36-20(14-35)15-43-31)29(45-32)34-21-7-5-6-8-23(21)37-33(34)44-25-10-9-18(12-22(25)34)11-19(30(42)38-26)13-24(40)28(41)17(3)4/h5-10,12,15-17,19,26,28,33,37,41H,11,13H2,1-4H3,(H,38,42)/t19-,26+,28+,33?,34+/m1/s1. The number of carbonyl (C=O) groups is 2. The van der Waals surface area contributed by atoms with Crippen LogP contribution in [0.5, 0.6) is 5.75 Å². The SMILES string of the molecule is CC(C)[C@H](O)C(=O)C[C@H]1Cc2ccc3c(c2)[C@@]2(c4ccccc4NC2O3)c2oc(nc2-c2nc(C#N)co2)[C@H](C(C)C)NC1=O. The van der Waals surface area contributed by atoms with E-state index in [4.69, 9.17) is 18.6 Å². The molecule has 11 nitrogen and oxygen atoms in total. The lowest BCUT2D eigenvalue weighted by molar-refractivity contribution is -0.135. The van der Waals surface area contributed by atoms with Gasteiger partial charge in [-0.25, -0.2) is 4.98 Å². The number of ether oxygens (including phenoxy) is 1. The first-order chi connectivity index (χ1) is 21.6. The number of benzene rings is 2. The molecule has 0 fully saturated rings. The fourth-order valence-electron chi connectivity index (χ4n) is 6.73. The van der Waals surface area contributed by atoms with E-state index in [-0.39, 0.29) is 53.8 Å². The number of anilines is 1. The van der Waals surface area contributed by atoms with Gasteiger partial charge < -0.3 is 29.3 Å². The highest BCUT2D eigenvalue weighted by atomic mass is 16.5. The van der Waals surface area contributed by atoms with E-state index < -0.39 is 29.7 Å². The molecule has 1 amide bonds. The van der Waals surface area contributed by atoms with Crippen LogP contribution in [0.2, 0.25) is 0 Å². The second-order valence-corrected chi connectivity index (χ2v) is 12.7. The fourth-order valence-corrected chi connectivity index (χ4v) is 6.73. The lowest BCUT2D eigenvalue weighted by Gasteiger charge is -2.28. The number of hydrogen-bond donors (Lipinski definition) is 3. The topological polar surface area (TPSA) is 164 Å². The summed E-state index contributed by atoms with van der Waals surface area (Å²) in [5, 5.41) is 26.7. The molecule has 3 aliphatic heterocycles. The van der Waals surface area contributed by atoms with Gasteiger partial charge in [-0.05, 0) is 41.5 Å². The van der Waals surface area contributed by atoms with Crippen molar-refractivity contribution in [3.63, 3.8) is 0 Å². The number of hydrogen-bond acceptors (Lipinski definition) is 10. The minimum absolute atomic E-state index is 0.0904. The quantitative estimate of drug-likeness (QED) is 0.281. The lowest BCUT2D eigenvalue weighted by atomic mass is 9.72. The van der Waals surface area contributed by atoms with Gasteiger partial charge in [-0.1, -0.05) is 58.0 Å². The van der Waals surface area contributed by atoms with Gasteiger partial charge in [0.15, 0.2) is 29.2 Å². The zero-order valence-electron chi connectivity index (χ0n) is 25.3. The van der Waals surface area contributed by atoms with Gasteiger partial charge in [-0.3, -0.25) is 9.59 Å². The first kappa shape index (κ1) is 28.8. The van der Waals surface area contributed by atoms with Gasteiger partial charge in [0.25, 0.3) is 0 Å². The molecule has 1 spiro atoms. The molecule has 45 heavy (non-hydrogen) atoms. The number of nitriles is 1. The molecule has 0 aliphatic carbocycles. The maximum absolute atomic E-state index is 14.0. The van der Waals surface area contributed by atoms with E-state index in [0.717, 1.165) is 22.4 Å². The Labute approximate surface area is 259 Å². The molecule has 11 heteroatoms. The molecular formula is C34H33N5O6. The van der Waals surface area contributed by atoms with Crippen LogP contribution in [-0.4, -0.2) is 39.1 Å². The van der Waals surface area contributed by atoms with Crippen molar-refractivity contribution in [1.29, 1.82) is 5.26 Å². The van der Waals surface area contributed by atoms with E-state index in [1.165, 1.54) is 6.26 Å². The summed E-state index contributed by atoms with van der Waals surface area (Å²) in [7, 11) is 0. The van der Waals surface area contributed by atoms with E-state index in [9.17, 15) is 20.0 Å². The summed E-state index contributed by atoms with van der Waals surface area (Å²) < 4.78 is 19.1. The Bertz CT molecular complexity index is 1870. The second kappa shape index (κ2) is 10.6. The molecule has 3 aliphatic rings. The third-order valence-electron chi connectivity index (χ3n) is 9.06. The predicted octanol–water partition coefficient (Wildman–Crippen LogP) is 4.64. The Hall–Kier alpha value is -4.95. The van der Waals surface area contributed by atoms with Crippen molar-refractivity contribution >= 4 is 17.4 Å². The Balaban J connectivity index is 1.48. The molecule has 5 heterocycles. The molecule has 1 unspecified atom stereocenters. The highest BCUT2D eigenvalue weighted by Gasteiger charge is 2.61. The Kier molecular flexibility index (Phi) is 6.78. The van der Waals surface area contributed by atoms with Crippen molar-refractivity contribution in [1.82, 2.24) is 15.3 Å². The van der Waals surface area contributed by atoms with Crippen molar-refractivity contribution in [2.24, 2.45) is 17.8 Å². The maximum Gasteiger partial charge on any atom is 0.250 e. The van der Waals surface area contributed by atoms with E-state index in [2.05, 4.69) is 15.6 Å². The van der Waals surface area contributed by atoms with Crippen LogP contribution in [0.4, 0.5) is 5.69 Å². The van der Waals surface area contributed by atoms with E-state index >= 15 is 0 Å². The first-order valence-corrected chi connectivity index (χ1v) is 15.2. The first-order valence-electron chi connectivity index (χ1n) is 15.2. The van der Waals surface area contributed by atoms with Crippen LogP contribution in [0.25, 0.3) is 11.6 Å². The van der Waals surface area contributed by atoms with Crippen molar-refractivity contribution in [2.75, 3.05) is 5.32 Å². The van der Waals surface area contributed by atoms with Gasteiger partial charge in [0.05, 0.1) is 0 Å². The molecule has 0 saturated heterocycles. The molecule has 2 aromatic carbocycles. The largest absolute Gasteiger partial charge is 0.469 e. The van der Waals surface area contributed by atoms with Crippen LogP contribution in [0.15, 0.2) is 57.6 Å². The third-order valence-corrected chi connectivity index (χ3v) is 9.06. The van der Waals surface area contributed by atoms with E-state index in [0.29, 0.717) is 17.2 Å². The molecule has 0 saturated carbocycles. The van der Waals surface area contributed by atoms with Crippen molar-refractivity contribution in [3.8, 4) is 23.4 Å². The smallest absolute Gasteiger partial charge is 0.250 e. The molecule has 2 aromatic heterocycles. The van der Waals surface area contributed by atoms with Crippen molar-refractivity contribution < 1.29 is 28.3 Å². The molecule has 7 rings (SSSR count). The summed E-state index contributed by atoms with van der Waals surface area (Å²) in [6, 6.07) is 15.0. The highest BCUT2D eigenvalue weighted by molar-refractivity contribution is 5.89. The second-order valence-electron chi connectivity index (χ2n) is 12.7. The highest BCUT2D eigenvalue weighted by Crippen LogP contribution is 2.59. The summed E-state index contributed by atoms with van der Waals surface area (Å²) in [6.07, 6.45) is -0.380. The average Bonchev–Trinajstić information content (AvgIpc) is 3.79. The minimum atomic E-state index is -1.17. The monoisotopic (exact) mass is 607 g/mol. The number of nitrogens with zero attached hydrogens (tertiary/aromatic N) is 3. The predicted molar refractivity (Wildman–Crippen MR) is 161 cm³/mol. The number of para-hydroxylation sites is 1. The third kappa shape index (κ3) is 4.43. The summed E-state index contributed by atoms with van der Waals surface area (Å²) in [6.45, 7) is 7.42. The van der Waals surface area contributed by atoms with Crippen LogP contribution in [0.3, 0.4) is 0 Å². The molecule has 4 aromatic rings. The van der Waals surface area contributed by atoms with Crippen molar-refractivity contribution in [2.45, 2.75) is 64.3 Å². The summed E-state index contributed by atoms with van der Waals surface area (Å²) in [4.78, 5) is 36.3. The number of carbonyl (C=O) groups excluding carboxylic acids is 2. The molecule has 4 bridgehead atoms. The molecule has 5 atom stereocenters. The van der Waals surface area contributed by atoms with Gasteiger partial charge in [0.1, 0.15) is 35.6 Å². The number of ketones is 1. The molecule has 0 radical (unpaired) electrons. The number of Topliss-reactive ketones (excluding diaryl/α,β-unsaturated/α-hetero) is 1. The van der Waals surface area contributed by atoms with Crippen LogP contribution in [-0.2, 0) is 21.4 Å². The van der Waals surface area contributed by atoms with Gasteiger partial charge in [0, 0.05) is 23.6 Å². The van der Waals surface area contributed by atoms with Gasteiger partial charge in [-0.15, -0.1) is 0 Å².